The number of nitrogens with one attached hydrogen (secondary N) is 3. The van der Waals surface area contributed by atoms with Gasteiger partial charge in [-0.25, -0.2) is 22.7 Å². The van der Waals surface area contributed by atoms with Crippen molar-refractivity contribution in [2.45, 2.75) is 107 Å². The lowest BCUT2D eigenvalue weighted by Crippen LogP contribution is -2.60. The van der Waals surface area contributed by atoms with Crippen LogP contribution in [0.4, 0.5) is 4.79 Å². The molecule has 15 heteroatoms. The van der Waals surface area contributed by atoms with Gasteiger partial charge in [0.05, 0.1) is 17.6 Å². The molecule has 0 radical (unpaired) electrons. The van der Waals surface area contributed by atoms with E-state index in [0.717, 1.165) is 42.2 Å². The number of rotatable bonds is 11. The van der Waals surface area contributed by atoms with Crippen LogP contribution in [0.3, 0.4) is 0 Å². The monoisotopic (exact) mass is 813 g/mol. The first-order valence-electron chi connectivity index (χ1n) is 19.8. The van der Waals surface area contributed by atoms with Gasteiger partial charge in [-0.1, -0.05) is 63.2 Å². The van der Waals surface area contributed by atoms with Crippen LogP contribution < -0.4 is 15.4 Å². The molecule has 0 unspecified atom stereocenters. The molecule has 58 heavy (non-hydrogen) atoms. The molecular formula is C43H51N5O9S. The third-order valence-corrected chi connectivity index (χ3v) is 13.4. The van der Waals surface area contributed by atoms with Crippen molar-refractivity contribution in [3.63, 3.8) is 0 Å². The molecule has 0 spiro atoms. The molecule has 4 amide bonds. The van der Waals surface area contributed by atoms with E-state index in [9.17, 15) is 32.4 Å². The maximum atomic E-state index is 14.8. The van der Waals surface area contributed by atoms with E-state index in [4.69, 9.17) is 4.74 Å². The summed E-state index contributed by atoms with van der Waals surface area (Å²) in [5.41, 5.74) is -0.0357. The van der Waals surface area contributed by atoms with Crippen LogP contribution in [0, 0.1) is 11.3 Å². The summed E-state index contributed by atoms with van der Waals surface area (Å²) in [6, 6.07) is 14.9. The molecule has 0 bridgehead atoms. The molecule has 5 atom stereocenters. The zero-order valence-electron chi connectivity index (χ0n) is 33.3. The number of hydrogen-bond acceptors (Lipinski definition) is 10. The van der Waals surface area contributed by atoms with Gasteiger partial charge >= 0.3 is 12.1 Å². The van der Waals surface area contributed by atoms with Gasteiger partial charge in [0.2, 0.25) is 11.8 Å². The summed E-state index contributed by atoms with van der Waals surface area (Å²) < 4.78 is 39.3. The fourth-order valence-electron chi connectivity index (χ4n) is 8.71. The summed E-state index contributed by atoms with van der Waals surface area (Å²) in [5, 5.41) is 8.01. The van der Waals surface area contributed by atoms with Gasteiger partial charge in [0.15, 0.2) is 0 Å². The molecule has 2 saturated carbocycles. The van der Waals surface area contributed by atoms with Crippen LogP contribution in [0.1, 0.15) is 80.8 Å². The van der Waals surface area contributed by atoms with Crippen molar-refractivity contribution in [3.8, 4) is 0 Å². The zero-order chi connectivity index (χ0) is 41.6. The van der Waals surface area contributed by atoms with Gasteiger partial charge in [0.25, 0.3) is 15.9 Å². The minimum absolute atomic E-state index is 0.0844. The maximum Gasteiger partial charge on any atom is 0.408 e. The second-order valence-corrected chi connectivity index (χ2v) is 18.6. The largest absolute Gasteiger partial charge is 0.465 e. The second-order valence-electron chi connectivity index (χ2n) is 16.9. The van der Waals surface area contributed by atoms with Crippen LogP contribution in [-0.2, 0) is 47.0 Å². The third kappa shape index (κ3) is 8.06. The fraction of sp³-hybridized carbons (Fsp3) is 0.465. The number of carbonyl (C=O) groups is 5. The number of nitrogens with zero attached hydrogens (tertiary/aromatic N) is 2. The molecule has 4 aliphatic rings. The lowest BCUT2D eigenvalue weighted by Gasteiger charge is -2.36. The lowest BCUT2D eigenvalue weighted by molar-refractivity contribution is -0.142. The smallest absolute Gasteiger partial charge is 0.408 e. The van der Waals surface area contributed by atoms with Crippen molar-refractivity contribution in [2.75, 3.05) is 13.7 Å². The van der Waals surface area contributed by atoms with Crippen LogP contribution in [0.5, 0.6) is 0 Å². The van der Waals surface area contributed by atoms with Crippen molar-refractivity contribution < 1.29 is 41.9 Å². The highest BCUT2D eigenvalue weighted by Crippen LogP contribution is 2.45. The Morgan fingerprint density at radius 2 is 1.59 bits per heavy atom. The molecule has 1 saturated heterocycles. The van der Waals surface area contributed by atoms with Gasteiger partial charge in [-0.15, -0.1) is 6.58 Å². The SMILES string of the molecule is C=C[C@@H]1C[C@]1(NC(=O)[C@@H]1C[C@@H](N2Cc3cccc4cccc(c34)C2)CN1C(=O)[C@@H](NC(=O)OC1CCCC1)C(C)(C)C)C(=O)NS(=O)(=O)c1ccc(C(=O)OC)cc1. The van der Waals surface area contributed by atoms with Gasteiger partial charge < -0.3 is 25.0 Å². The number of alkyl carbamates (subject to hydrolysis) is 1. The standard InChI is InChI=1S/C43H51N5O9S/c1-6-30-22-43(30,40(52)46-58(54,55)33-19-17-27(18-20-33)39(51)56-5)45-37(49)34-21-31(47-23-28-13-9-11-26-12-10-14-29(24-47)35(26)28)25-48(34)38(50)36(42(2,3)4)44-41(53)57-32-15-7-8-16-32/h6,9-14,17-20,30-32,34,36H,1,7-8,15-16,21-25H2,2-5H3,(H,44,53)(H,45,49)(H,46,52)/t30-,31-,34+,36-,43-/m1/s1. The molecule has 7 rings (SSSR count). The van der Waals surface area contributed by atoms with Crippen LogP contribution in [0.25, 0.3) is 10.8 Å². The normalized spacial score (nSPS) is 23.8. The molecule has 2 aliphatic heterocycles. The Balaban J connectivity index is 1.15. The summed E-state index contributed by atoms with van der Waals surface area (Å²) in [5.74, 6) is -3.30. The van der Waals surface area contributed by atoms with Gasteiger partial charge in [-0.05, 0) is 90.1 Å². The number of benzene rings is 3. The Hall–Kier alpha value is -5.28. The number of likely N-dealkylation sites (tertiary alicyclic amines) is 1. The Morgan fingerprint density at radius 3 is 2.16 bits per heavy atom. The Bertz CT molecular complexity index is 2210. The topological polar surface area (TPSA) is 181 Å². The molecule has 3 aromatic rings. The van der Waals surface area contributed by atoms with E-state index in [1.807, 2.05) is 32.9 Å². The van der Waals surface area contributed by atoms with Crippen molar-refractivity contribution in [2.24, 2.45) is 11.3 Å². The second kappa shape index (κ2) is 15.8. The van der Waals surface area contributed by atoms with E-state index in [1.54, 1.807) is 0 Å². The predicted octanol–water partition coefficient (Wildman–Crippen LogP) is 4.56. The molecule has 0 aromatic heterocycles. The van der Waals surface area contributed by atoms with Gasteiger partial charge in [0.1, 0.15) is 23.7 Å². The first kappa shape index (κ1) is 40.9. The number of hydrogen-bond donors (Lipinski definition) is 3. The first-order valence-corrected chi connectivity index (χ1v) is 21.2. The highest BCUT2D eigenvalue weighted by Gasteiger charge is 2.61. The number of sulfonamides is 1. The van der Waals surface area contributed by atoms with Crippen molar-refractivity contribution in [1.29, 1.82) is 0 Å². The number of methoxy groups -OCH3 is 1. The quantitative estimate of drug-likeness (QED) is 0.184. The Kier molecular flexibility index (Phi) is 11.2. The Labute approximate surface area is 338 Å². The molecule has 2 heterocycles. The number of esters is 1. The summed E-state index contributed by atoms with van der Waals surface area (Å²) >= 11 is 0. The molecule has 308 valence electrons. The average Bonchev–Trinajstić information content (AvgIpc) is 3.46. The van der Waals surface area contributed by atoms with Gasteiger partial charge in [0, 0.05) is 31.6 Å². The van der Waals surface area contributed by atoms with Crippen LogP contribution in [0.15, 0.2) is 78.2 Å². The molecule has 3 N–H and O–H groups in total. The highest BCUT2D eigenvalue weighted by molar-refractivity contribution is 7.90. The molecule has 3 aromatic carbocycles. The highest BCUT2D eigenvalue weighted by atomic mass is 32.2. The minimum atomic E-state index is -4.44. The van der Waals surface area contributed by atoms with E-state index in [2.05, 4.69) is 55.8 Å². The van der Waals surface area contributed by atoms with Crippen molar-refractivity contribution in [3.05, 3.63) is 90.0 Å². The summed E-state index contributed by atoms with van der Waals surface area (Å²) in [4.78, 5) is 71.9. The summed E-state index contributed by atoms with van der Waals surface area (Å²) in [7, 11) is -3.23. The zero-order valence-corrected chi connectivity index (χ0v) is 34.1. The number of amides is 4. The van der Waals surface area contributed by atoms with Crippen LogP contribution in [0.2, 0.25) is 0 Å². The Morgan fingerprint density at radius 1 is 0.948 bits per heavy atom. The molecule has 14 nitrogen and oxygen atoms in total. The van der Waals surface area contributed by atoms with E-state index in [0.29, 0.717) is 13.1 Å². The van der Waals surface area contributed by atoms with Crippen molar-refractivity contribution >= 4 is 50.6 Å². The number of carbonyl (C=O) groups excluding carboxylic acids is 5. The van der Waals surface area contributed by atoms with Gasteiger partial charge in [-0.3, -0.25) is 19.3 Å². The van der Waals surface area contributed by atoms with E-state index >= 15 is 0 Å². The number of ether oxygens (including phenoxy) is 2. The van der Waals surface area contributed by atoms with E-state index in [-0.39, 0.29) is 42.0 Å². The summed E-state index contributed by atoms with van der Waals surface area (Å²) in [6.45, 7) is 10.7. The van der Waals surface area contributed by atoms with E-state index < -0.39 is 68.8 Å². The molecule has 3 fully saturated rings. The molecular weight excluding hydrogens is 763 g/mol. The van der Waals surface area contributed by atoms with Crippen LogP contribution in [-0.4, -0.2) is 91.4 Å². The average molecular weight is 814 g/mol. The molecule has 2 aliphatic carbocycles. The maximum absolute atomic E-state index is 14.8. The summed E-state index contributed by atoms with van der Waals surface area (Å²) in [6.07, 6.45) is 4.32. The fourth-order valence-corrected chi connectivity index (χ4v) is 9.75. The predicted molar refractivity (Wildman–Crippen MR) is 215 cm³/mol. The van der Waals surface area contributed by atoms with Crippen LogP contribution >= 0.6 is 0 Å². The minimum Gasteiger partial charge on any atom is -0.465 e. The first-order chi connectivity index (χ1) is 27.5. The lowest BCUT2D eigenvalue weighted by atomic mass is 9.85. The van der Waals surface area contributed by atoms with Crippen molar-refractivity contribution in [1.82, 2.24) is 25.2 Å². The van der Waals surface area contributed by atoms with E-state index in [1.165, 1.54) is 47.7 Å². The third-order valence-electron chi connectivity index (χ3n) is 12.0. The van der Waals surface area contributed by atoms with Gasteiger partial charge in [-0.2, -0.15) is 0 Å².